The molecule has 1 aromatic heterocycles. The van der Waals surface area contributed by atoms with E-state index >= 15 is 0 Å². The number of ether oxygens (including phenoxy) is 3. The quantitative estimate of drug-likeness (QED) is 0.235. The minimum Gasteiger partial charge on any atom is -0.493 e. The third-order valence-corrected chi connectivity index (χ3v) is 5.31. The van der Waals surface area contributed by atoms with Crippen LogP contribution in [0, 0.1) is 6.92 Å². The Morgan fingerprint density at radius 3 is 2.43 bits per heavy atom. The monoisotopic (exact) mass is 473 g/mol. The van der Waals surface area contributed by atoms with Crippen LogP contribution in [0.2, 0.25) is 0 Å². The fourth-order valence-corrected chi connectivity index (χ4v) is 3.65. The van der Waals surface area contributed by atoms with Crippen molar-refractivity contribution in [2.24, 2.45) is 0 Å². The zero-order chi connectivity index (χ0) is 23.8. The summed E-state index contributed by atoms with van der Waals surface area (Å²) in [5.74, 6) is 0.494. The van der Waals surface area contributed by atoms with E-state index in [1.165, 1.54) is 0 Å². The molecule has 1 heterocycles. The molecule has 182 valence electrons. The SMILES string of the molecule is C.Cc1cc(Oc2ccccc2)cc(OCCCCOCc2ccc3ccccc3n2)c1C(=O)O. The number of benzene rings is 3. The molecular weight excluding hydrogens is 442 g/mol. The molecule has 0 unspecified atom stereocenters. The molecule has 0 spiro atoms. The fraction of sp³-hybridized carbons (Fsp3) is 0.241. The van der Waals surface area contributed by atoms with E-state index in [4.69, 9.17) is 14.2 Å². The smallest absolute Gasteiger partial charge is 0.339 e. The van der Waals surface area contributed by atoms with Gasteiger partial charge in [-0.3, -0.25) is 4.98 Å². The first-order valence-corrected chi connectivity index (χ1v) is 11.3. The lowest BCUT2D eigenvalue weighted by Gasteiger charge is -2.14. The van der Waals surface area contributed by atoms with E-state index in [1.807, 2.05) is 66.7 Å². The Balaban J connectivity index is 0.00000342. The molecule has 6 heteroatoms. The van der Waals surface area contributed by atoms with Crippen LogP contribution in [0.15, 0.2) is 78.9 Å². The summed E-state index contributed by atoms with van der Waals surface area (Å²) in [6.45, 7) is 3.14. The molecule has 0 saturated heterocycles. The van der Waals surface area contributed by atoms with E-state index in [9.17, 15) is 9.90 Å². The van der Waals surface area contributed by atoms with E-state index in [0.717, 1.165) is 29.4 Å². The Morgan fingerprint density at radius 2 is 1.63 bits per heavy atom. The summed E-state index contributed by atoms with van der Waals surface area (Å²) in [6, 6.07) is 24.7. The number of fused-ring (bicyclic) bond motifs is 1. The standard InChI is InChI=1S/C28H27NO5.CH4/c1-20-17-24(34-23-10-3-2-4-11-23)18-26(27(20)28(30)31)33-16-8-7-15-32-19-22-14-13-21-9-5-6-12-25(21)29-22;/h2-6,9-14,17-18H,7-8,15-16,19H2,1H3,(H,30,31);1H4. The van der Waals surface area contributed by atoms with Crippen LogP contribution in [0.5, 0.6) is 17.2 Å². The van der Waals surface area contributed by atoms with Gasteiger partial charge >= 0.3 is 5.97 Å². The molecule has 0 aliphatic heterocycles. The van der Waals surface area contributed by atoms with Crippen LogP contribution in [-0.2, 0) is 11.3 Å². The van der Waals surface area contributed by atoms with Crippen LogP contribution < -0.4 is 9.47 Å². The second-order valence-corrected chi connectivity index (χ2v) is 7.94. The van der Waals surface area contributed by atoms with E-state index in [-0.39, 0.29) is 13.0 Å². The van der Waals surface area contributed by atoms with Crippen molar-refractivity contribution in [2.75, 3.05) is 13.2 Å². The number of para-hydroxylation sites is 2. The van der Waals surface area contributed by atoms with Crippen molar-refractivity contribution in [1.82, 2.24) is 4.98 Å². The van der Waals surface area contributed by atoms with Crippen LogP contribution in [0.25, 0.3) is 10.9 Å². The lowest BCUT2D eigenvalue weighted by Crippen LogP contribution is -2.08. The molecular formula is C29H31NO5. The molecule has 4 aromatic rings. The van der Waals surface area contributed by atoms with Gasteiger partial charge in [0.25, 0.3) is 0 Å². The van der Waals surface area contributed by atoms with Gasteiger partial charge in [-0.05, 0) is 55.7 Å². The summed E-state index contributed by atoms with van der Waals surface area (Å²) in [4.78, 5) is 16.4. The second kappa shape index (κ2) is 12.5. The molecule has 0 aliphatic carbocycles. The number of pyridine rings is 1. The van der Waals surface area contributed by atoms with Crippen LogP contribution in [0.1, 0.15) is 41.9 Å². The van der Waals surface area contributed by atoms with Gasteiger partial charge in [-0.1, -0.05) is 49.9 Å². The number of nitrogens with zero attached hydrogens (tertiary/aromatic N) is 1. The predicted molar refractivity (Wildman–Crippen MR) is 138 cm³/mol. The molecule has 0 fully saturated rings. The van der Waals surface area contributed by atoms with Crippen molar-refractivity contribution < 1.29 is 24.1 Å². The molecule has 35 heavy (non-hydrogen) atoms. The van der Waals surface area contributed by atoms with E-state index in [1.54, 1.807) is 19.1 Å². The second-order valence-electron chi connectivity index (χ2n) is 7.94. The normalized spacial score (nSPS) is 10.5. The zero-order valence-corrected chi connectivity index (χ0v) is 19.1. The summed E-state index contributed by atoms with van der Waals surface area (Å²) in [6.07, 6.45) is 1.52. The van der Waals surface area contributed by atoms with Gasteiger partial charge in [0.15, 0.2) is 0 Å². The van der Waals surface area contributed by atoms with Crippen molar-refractivity contribution in [3.8, 4) is 17.2 Å². The molecule has 0 atom stereocenters. The van der Waals surface area contributed by atoms with Crippen molar-refractivity contribution in [3.63, 3.8) is 0 Å². The van der Waals surface area contributed by atoms with Gasteiger partial charge in [-0.2, -0.15) is 0 Å². The Bertz CT molecular complexity index is 1260. The highest BCUT2D eigenvalue weighted by molar-refractivity contribution is 5.93. The van der Waals surface area contributed by atoms with Crippen molar-refractivity contribution in [1.29, 1.82) is 0 Å². The average molecular weight is 474 g/mol. The number of hydrogen-bond donors (Lipinski definition) is 1. The number of rotatable bonds is 11. The number of carboxylic acid groups (broad SMARTS) is 1. The number of aromatic nitrogens is 1. The van der Waals surface area contributed by atoms with E-state index in [2.05, 4.69) is 4.98 Å². The lowest BCUT2D eigenvalue weighted by atomic mass is 10.1. The number of aromatic carboxylic acids is 1. The predicted octanol–water partition coefficient (Wildman–Crippen LogP) is 7.05. The Labute approximate surface area is 206 Å². The highest BCUT2D eigenvalue weighted by Crippen LogP contribution is 2.31. The minimum atomic E-state index is -1.02. The molecule has 6 nitrogen and oxygen atoms in total. The molecule has 0 radical (unpaired) electrons. The van der Waals surface area contributed by atoms with Crippen molar-refractivity contribution in [2.45, 2.75) is 33.8 Å². The first-order chi connectivity index (χ1) is 16.6. The number of carbonyl (C=O) groups is 1. The van der Waals surface area contributed by atoms with Gasteiger partial charge in [0.05, 0.1) is 24.4 Å². The minimum absolute atomic E-state index is 0. The summed E-state index contributed by atoms with van der Waals surface area (Å²) >= 11 is 0. The Hall–Kier alpha value is -3.90. The first kappa shape index (κ1) is 25.7. The Morgan fingerprint density at radius 1 is 0.886 bits per heavy atom. The van der Waals surface area contributed by atoms with Gasteiger partial charge in [-0.15, -0.1) is 0 Å². The molecule has 0 saturated carbocycles. The third kappa shape index (κ3) is 7.04. The fourth-order valence-electron chi connectivity index (χ4n) is 3.65. The molecule has 0 amide bonds. The van der Waals surface area contributed by atoms with Gasteiger partial charge in [0.2, 0.25) is 0 Å². The maximum Gasteiger partial charge on any atom is 0.339 e. The summed E-state index contributed by atoms with van der Waals surface area (Å²) in [7, 11) is 0. The zero-order valence-electron chi connectivity index (χ0n) is 19.1. The van der Waals surface area contributed by atoms with Gasteiger partial charge < -0.3 is 19.3 Å². The van der Waals surface area contributed by atoms with E-state index < -0.39 is 5.97 Å². The van der Waals surface area contributed by atoms with Crippen LogP contribution in [0.4, 0.5) is 0 Å². The molecule has 1 N–H and O–H groups in total. The molecule has 0 aliphatic rings. The van der Waals surface area contributed by atoms with Gasteiger partial charge in [-0.25, -0.2) is 4.79 Å². The van der Waals surface area contributed by atoms with Gasteiger partial charge in [0, 0.05) is 18.1 Å². The molecule has 4 rings (SSSR count). The summed E-state index contributed by atoms with van der Waals surface area (Å²) < 4.78 is 17.5. The first-order valence-electron chi connectivity index (χ1n) is 11.3. The number of carboxylic acids is 1. The van der Waals surface area contributed by atoms with Crippen molar-refractivity contribution >= 4 is 16.9 Å². The highest BCUT2D eigenvalue weighted by atomic mass is 16.5. The molecule has 0 bridgehead atoms. The average Bonchev–Trinajstić information content (AvgIpc) is 2.83. The highest BCUT2D eigenvalue weighted by Gasteiger charge is 2.17. The Kier molecular flexibility index (Phi) is 9.21. The van der Waals surface area contributed by atoms with Gasteiger partial charge in [0.1, 0.15) is 22.8 Å². The van der Waals surface area contributed by atoms with Crippen molar-refractivity contribution in [3.05, 3.63) is 95.7 Å². The topological polar surface area (TPSA) is 77.9 Å². The maximum absolute atomic E-state index is 11.8. The summed E-state index contributed by atoms with van der Waals surface area (Å²) in [5, 5.41) is 10.7. The maximum atomic E-state index is 11.8. The van der Waals surface area contributed by atoms with Crippen LogP contribution >= 0.6 is 0 Å². The number of hydrogen-bond acceptors (Lipinski definition) is 5. The van der Waals surface area contributed by atoms with Crippen LogP contribution in [0.3, 0.4) is 0 Å². The summed E-state index contributed by atoms with van der Waals surface area (Å²) in [5.41, 5.74) is 2.59. The number of aryl methyl sites for hydroxylation is 1. The van der Waals surface area contributed by atoms with Crippen LogP contribution in [-0.4, -0.2) is 29.3 Å². The van der Waals surface area contributed by atoms with E-state index in [0.29, 0.717) is 42.6 Å². The lowest BCUT2D eigenvalue weighted by molar-refractivity contribution is 0.0690. The largest absolute Gasteiger partial charge is 0.493 e. The third-order valence-electron chi connectivity index (χ3n) is 5.31. The number of unbranched alkanes of at least 4 members (excludes halogenated alkanes) is 1. The molecule has 3 aromatic carbocycles.